The minimum absolute atomic E-state index is 0.0863. The fourth-order valence-electron chi connectivity index (χ4n) is 3.84. The Morgan fingerprint density at radius 1 is 1.20 bits per heavy atom. The van der Waals surface area contributed by atoms with Crippen LogP contribution in [0.25, 0.3) is 0 Å². The van der Waals surface area contributed by atoms with Crippen LogP contribution in [0.3, 0.4) is 0 Å². The van der Waals surface area contributed by atoms with E-state index in [4.69, 9.17) is 0 Å². The lowest BCUT2D eigenvalue weighted by molar-refractivity contribution is -0.131. The van der Waals surface area contributed by atoms with Gasteiger partial charge in [0.05, 0.1) is 12.2 Å². The molecular formula is C17H32N2O. The van der Waals surface area contributed by atoms with Crippen LogP contribution < -0.4 is 5.32 Å². The number of nitrogens with zero attached hydrogens (tertiary/aromatic N) is 1. The van der Waals surface area contributed by atoms with E-state index in [0.717, 1.165) is 44.1 Å². The van der Waals surface area contributed by atoms with Gasteiger partial charge in [0, 0.05) is 6.54 Å². The van der Waals surface area contributed by atoms with Crippen LogP contribution in [0.15, 0.2) is 0 Å². The molecule has 2 aliphatic rings. The zero-order valence-electron chi connectivity index (χ0n) is 13.5. The lowest BCUT2D eigenvalue weighted by Crippen LogP contribution is -2.40. The smallest absolute Gasteiger partial charge is 0.241 e. The predicted molar refractivity (Wildman–Crippen MR) is 83.4 cm³/mol. The van der Waals surface area contributed by atoms with E-state index < -0.39 is 0 Å². The molecule has 1 amide bonds. The summed E-state index contributed by atoms with van der Waals surface area (Å²) in [6.45, 7) is 7.75. The molecule has 4 atom stereocenters. The van der Waals surface area contributed by atoms with Gasteiger partial charge in [0.15, 0.2) is 0 Å². The van der Waals surface area contributed by atoms with E-state index in [1.165, 1.54) is 25.7 Å². The third kappa shape index (κ3) is 3.55. The van der Waals surface area contributed by atoms with Gasteiger partial charge in [-0.25, -0.2) is 0 Å². The minimum Gasteiger partial charge on any atom is -0.326 e. The van der Waals surface area contributed by atoms with Crippen LogP contribution in [-0.2, 0) is 4.79 Å². The fraction of sp³-hybridized carbons (Fsp3) is 0.941. The van der Waals surface area contributed by atoms with Crippen molar-refractivity contribution in [2.45, 2.75) is 84.3 Å². The van der Waals surface area contributed by atoms with Crippen molar-refractivity contribution < 1.29 is 4.79 Å². The summed E-state index contributed by atoms with van der Waals surface area (Å²) in [5.74, 6) is 1.89. The van der Waals surface area contributed by atoms with Crippen molar-refractivity contribution in [3.05, 3.63) is 0 Å². The first-order chi connectivity index (χ1) is 9.67. The van der Waals surface area contributed by atoms with E-state index in [9.17, 15) is 4.79 Å². The molecule has 116 valence electrons. The summed E-state index contributed by atoms with van der Waals surface area (Å²) in [6, 6.07) is 0.0863. The molecule has 0 bridgehead atoms. The number of carbonyl (C=O) groups excluding carboxylic acids is 1. The number of unbranched alkanes of at least 4 members (excludes halogenated alkanes) is 1. The third-order valence-corrected chi connectivity index (χ3v) is 5.23. The molecule has 1 N–H and O–H groups in total. The Labute approximate surface area is 124 Å². The molecule has 1 saturated carbocycles. The topological polar surface area (TPSA) is 32.3 Å². The van der Waals surface area contributed by atoms with Crippen molar-refractivity contribution in [2.75, 3.05) is 6.54 Å². The van der Waals surface area contributed by atoms with Crippen molar-refractivity contribution >= 4 is 5.91 Å². The van der Waals surface area contributed by atoms with Gasteiger partial charge in [0.2, 0.25) is 5.91 Å². The maximum Gasteiger partial charge on any atom is 0.241 e. The van der Waals surface area contributed by atoms with Crippen molar-refractivity contribution in [3.63, 3.8) is 0 Å². The van der Waals surface area contributed by atoms with Crippen molar-refractivity contribution in [1.82, 2.24) is 10.2 Å². The van der Waals surface area contributed by atoms with Gasteiger partial charge in [-0.15, -0.1) is 0 Å². The number of amides is 1. The zero-order chi connectivity index (χ0) is 14.5. The molecule has 1 aliphatic carbocycles. The van der Waals surface area contributed by atoms with Gasteiger partial charge in [0.25, 0.3) is 0 Å². The Hall–Kier alpha value is -0.570. The van der Waals surface area contributed by atoms with Crippen LogP contribution in [0.5, 0.6) is 0 Å². The monoisotopic (exact) mass is 280 g/mol. The summed E-state index contributed by atoms with van der Waals surface area (Å²) in [4.78, 5) is 14.8. The average molecular weight is 280 g/mol. The summed E-state index contributed by atoms with van der Waals surface area (Å²) >= 11 is 0. The van der Waals surface area contributed by atoms with Crippen LogP contribution in [0.1, 0.15) is 72.1 Å². The first-order valence-electron chi connectivity index (χ1n) is 8.73. The number of hydrogen-bond acceptors (Lipinski definition) is 2. The first-order valence-corrected chi connectivity index (χ1v) is 8.73. The van der Waals surface area contributed by atoms with Crippen LogP contribution >= 0.6 is 0 Å². The molecule has 3 nitrogen and oxygen atoms in total. The van der Waals surface area contributed by atoms with Gasteiger partial charge in [-0.2, -0.15) is 0 Å². The van der Waals surface area contributed by atoms with Gasteiger partial charge in [0.1, 0.15) is 0 Å². The molecule has 0 aromatic rings. The van der Waals surface area contributed by atoms with Crippen LogP contribution in [0.2, 0.25) is 0 Å². The molecular weight excluding hydrogens is 248 g/mol. The van der Waals surface area contributed by atoms with E-state index in [1.54, 1.807) is 0 Å². The number of carbonyl (C=O) groups is 1. The Morgan fingerprint density at radius 3 is 2.60 bits per heavy atom. The van der Waals surface area contributed by atoms with E-state index in [1.807, 2.05) is 0 Å². The van der Waals surface area contributed by atoms with Crippen LogP contribution in [0.4, 0.5) is 0 Å². The van der Waals surface area contributed by atoms with Crippen LogP contribution in [0, 0.1) is 11.8 Å². The Kier molecular flexibility index (Phi) is 5.88. The van der Waals surface area contributed by atoms with Gasteiger partial charge >= 0.3 is 0 Å². The normalized spacial score (nSPS) is 34.1. The average Bonchev–Trinajstić information content (AvgIpc) is 2.96. The lowest BCUT2D eigenvalue weighted by atomic mass is 9.97. The largest absolute Gasteiger partial charge is 0.326 e. The summed E-state index contributed by atoms with van der Waals surface area (Å²) < 4.78 is 0. The van der Waals surface area contributed by atoms with Crippen molar-refractivity contribution in [2.24, 2.45) is 11.8 Å². The molecule has 2 fully saturated rings. The Balaban J connectivity index is 1.97. The molecule has 0 aromatic carbocycles. The molecule has 2 rings (SSSR count). The second-order valence-electron chi connectivity index (χ2n) is 6.82. The molecule has 3 heteroatoms. The van der Waals surface area contributed by atoms with Crippen molar-refractivity contribution in [1.29, 1.82) is 0 Å². The van der Waals surface area contributed by atoms with Crippen LogP contribution in [-0.4, -0.2) is 29.6 Å². The highest BCUT2D eigenvalue weighted by Crippen LogP contribution is 2.33. The molecule has 1 aliphatic heterocycles. The lowest BCUT2D eigenvalue weighted by Gasteiger charge is -2.28. The van der Waals surface area contributed by atoms with E-state index >= 15 is 0 Å². The molecule has 4 unspecified atom stereocenters. The van der Waals surface area contributed by atoms with Gasteiger partial charge < -0.3 is 4.90 Å². The standard InChI is InChI=1S/C17H32N2O/c1-4-6-11-15-17(20)19(16(18-15)8-5-2)12-14-10-7-9-13(14)3/h13-16,18H,4-12H2,1-3H3. The molecule has 1 heterocycles. The summed E-state index contributed by atoms with van der Waals surface area (Å²) in [7, 11) is 0. The SMILES string of the molecule is CCCCC1NC(CCC)N(CC2CCCC2C)C1=O. The highest BCUT2D eigenvalue weighted by molar-refractivity contribution is 5.84. The minimum atomic E-state index is 0.0863. The molecule has 20 heavy (non-hydrogen) atoms. The Morgan fingerprint density at radius 2 is 2.00 bits per heavy atom. The van der Waals surface area contributed by atoms with E-state index in [2.05, 4.69) is 31.0 Å². The van der Waals surface area contributed by atoms with Crippen molar-refractivity contribution in [3.8, 4) is 0 Å². The molecule has 0 radical (unpaired) electrons. The second kappa shape index (κ2) is 7.44. The molecule has 1 saturated heterocycles. The second-order valence-corrected chi connectivity index (χ2v) is 6.82. The highest BCUT2D eigenvalue weighted by atomic mass is 16.2. The first kappa shape index (κ1) is 15.8. The molecule has 0 spiro atoms. The number of hydrogen-bond donors (Lipinski definition) is 1. The predicted octanol–water partition coefficient (Wildman–Crippen LogP) is 3.54. The van der Waals surface area contributed by atoms with Gasteiger partial charge in [-0.3, -0.25) is 10.1 Å². The maximum absolute atomic E-state index is 12.7. The summed E-state index contributed by atoms with van der Waals surface area (Å²) in [5, 5.41) is 3.59. The summed E-state index contributed by atoms with van der Waals surface area (Å²) in [6.07, 6.45) is 9.85. The van der Waals surface area contributed by atoms with E-state index in [-0.39, 0.29) is 6.04 Å². The summed E-state index contributed by atoms with van der Waals surface area (Å²) in [5.41, 5.74) is 0. The maximum atomic E-state index is 12.7. The van der Waals surface area contributed by atoms with E-state index in [0.29, 0.717) is 12.1 Å². The third-order valence-electron chi connectivity index (χ3n) is 5.23. The quantitative estimate of drug-likeness (QED) is 0.773. The highest BCUT2D eigenvalue weighted by Gasteiger charge is 2.39. The fourth-order valence-corrected chi connectivity index (χ4v) is 3.84. The number of nitrogens with one attached hydrogen (secondary N) is 1. The Bertz CT molecular complexity index is 318. The molecule has 0 aromatic heterocycles. The number of rotatable bonds is 7. The van der Waals surface area contributed by atoms with Gasteiger partial charge in [-0.1, -0.05) is 52.9 Å². The van der Waals surface area contributed by atoms with Gasteiger partial charge in [-0.05, 0) is 31.1 Å². The zero-order valence-corrected chi connectivity index (χ0v) is 13.5.